The molecule has 166 valence electrons. The summed E-state index contributed by atoms with van der Waals surface area (Å²) in [7, 11) is -3.90. The van der Waals surface area contributed by atoms with E-state index in [9.17, 15) is 13.2 Å². The van der Waals surface area contributed by atoms with Gasteiger partial charge in [-0.25, -0.2) is 8.42 Å². The Balaban J connectivity index is 1.56. The average Bonchev–Trinajstić information content (AvgIpc) is 3.26. The molecule has 0 radical (unpaired) electrons. The normalized spacial score (nSPS) is 13.9. The topological polar surface area (TPSA) is 66.5 Å². The van der Waals surface area contributed by atoms with Crippen LogP contribution in [0.5, 0.6) is 0 Å². The number of rotatable bonds is 7. The number of nitrogens with zero attached hydrogens (tertiary/aromatic N) is 1. The Morgan fingerprint density at radius 2 is 1.69 bits per heavy atom. The fourth-order valence-corrected chi connectivity index (χ4v) is 5.81. The molecule has 3 aromatic carbocycles. The maximum Gasteiger partial charge on any atom is 0.264 e. The molecule has 5 nitrogen and oxygen atoms in total. The summed E-state index contributed by atoms with van der Waals surface area (Å²) in [6, 6.07) is 21.4. The van der Waals surface area contributed by atoms with Crippen LogP contribution in [0.3, 0.4) is 0 Å². The van der Waals surface area contributed by atoms with Crippen molar-refractivity contribution in [2.45, 2.75) is 37.1 Å². The molecule has 0 heterocycles. The Morgan fingerprint density at radius 1 is 1.00 bits per heavy atom. The van der Waals surface area contributed by atoms with E-state index in [0.29, 0.717) is 5.69 Å². The van der Waals surface area contributed by atoms with Gasteiger partial charge in [0.2, 0.25) is 5.91 Å². The van der Waals surface area contributed by atoms with Crippen LogP contribution in [0.2, 0.25) is 0 Å². The lowest BCUT2D eigenvalue weighted by Gasteiger charge is -2.25. The molecule has 0 bridgehead atoms. The number of amides is 1. The van der Waals surface area contributed by atoms with E-state index in [1.807, 2.05) is 25.1 Å². The molecular formula is C25H25IN2O3S. The van der Waals surface area contributed by atoms with Crippen LogP contribution in [0.15, 0.2) is 77.7 Å². The Morgan fingerprint density at radius 3 is 2.41 bits per heavy atom. The minimum Gasteiger partial charge on any atom is -0.348 e. The highest BCUT2D eigenvalue weighted by molar-refractivity contribution is 14.1. The number of fused-ring (bicyclic) bond motifs is 1. The average molecular weight is 560 g/mol. The molecule has 0 fully saturated rings. The van der Waals surface area contributed by atoms with E-state index >= 15 is 0 Å². The fraction of sp³-hybridized carbons (Fsp3) is 0.240. The van der Waals surface area contributed by atoms with Gasteiger partial charge >= 0.3 is 0 Å². The second kappa shape index (κ2) is 9.62. The minimum absolute atomic E-state index is 0.151. The van der Waals surface area contributed by atoms with Crippen molar-refractivity contribution in [2.24, 2.45) is 0 Å². The summed E-state index contributed by atoms with van der Waals surface area (Å²) in [5.41, 5.74) is 4.21. The number of carbonyl (C=O) groups excluding carboxylic acids is 1. The van der Waals surface area contributed by atoms with E-state index in [-0.39, 0.29) is 23.4 Å². The van der Waals surface area contributed by atoms with Crippen LogP contribution >= 0.6 is 22.6 Å². The van der Waals surface area contributed by atoms with E-state index in [0.717, 1.165) is 22.0 Å². The summed E-state index contributed by atoms with van der Waals surface area (Å²) in [6.07, 6.45) is 3.35. The summed E-state index contributed by atoms with van der Waals surface area (Å²) in [5.74, 6) is -0.351. The molecule has 1 aliphatic carbocycles. The number of sulfonamides is 1. The maximum atomic E-state index is 13.4. The van der Waals surface area contributed by atoms with Crippen molar-refractivity contribution in [3.05, 3.63) is 93.1 Å². The van der Waals surface area contributed by atoms with Gasteiger partial charge in [0.15, 0.2) is 0 Å². The Kier molecular flexibility index (Phi) is 6.85. The molecule has 32 heavy (non-hydrogen) atoms. The number of nitrogens with one attached hydrogen (secondary N) is 1. The zero-order valence-electron chi connectivity index (χ0n) is 17.8. The quantitative estimate of drug-likeness (QED) is 0.421. The summed E-state index contributed by atoms with van der Waals surface area (Å²) in [5, 5.41) is 2.98. The predicted octanol–water partition coefficient (Wildman–Crippen LogP) is 4.85. The van der Waals surface area contributed by atoms with Gasteiger partial charge < -0.3 is 5.32 Å². The van der Waals surface area contributed by atoms with Gasteiger partial charge in [0.05, 0.1) is 16.6 Å². The Bertz CT molecular complexity index is 1210. The summed E-state index contributed by atoms with van der Waals surface area (Å²) in [6.45, 7) is 1.63. The van der Waals surface area contributed by atoms with Gasteiger partial charge in [0.25, 0.3) is 10.0 Å². The smallest absolute Gasteiger partial charge is 0.264 e. The zero-order valence-corrected chi connectivity index (χ0v) is 20.8. The van der Waals surface area contributed by atoms with Crippen LogP contribution in [0.25, 0.3) is 0 Å². The maximum absolute atomic E-state index is 13.4. The predicted molar refractivity (Wildman–Crippen MR) is 135 cm³/mol. The second-order valence-corrected chi connectivity index (χ2v) is 11.1. The lowest BCUT2D eigenvalue weighted by molar-refractivity contribution is -0.120. The molecule has 0 unspecified atom stereocenters. The molecule has 0 spiro atoms. The van der Waals surface area contributed by atoms with Crippen LogP contribution in [0.4, 0.5) is 5.69 Å². The number of hydrogen-bond acceptors (Lipinski definition) is 3. The van der Waals surface area contributed by atoms with Crippen LogP contribution in [-0.4, -0.2) is 20.9 Å². The molecule has 1 N–H and O–H groups in total. The summed E-state index contributed by atoms with van der Waals surface area (Å²) >= 11 is 2.17. The first-order valence-electron chi connectivity index (χ1n) is 10.6. The molecule has 4 rings (SSSR count). The van der Waals surface area contributed by atoms with Crippen molar-refractivity contribution < 1.29 is 13.2 Å². The molecule has 0 saturated heterocycles. The van der Waals surface area contributed by atoms with Gasteiger partial charge in [-0.3, -0.25) is 9.10 Å². The number of halogens is 1. The number of hydrogen-bond donors (Lipinski definition) is 1. The highest BCUT2D eigenvalue weighted by atomic mass is 127. The molecule has 7 heteroatoms. The summed E-state index contributed by atoms with van der Waals surface area (Å²) in [4.78, 5) is 13.1. The van der Waals surface area contributed by atoms with Gasteiger partial charge in [-0.15, -0.1) is 0 Å². The lowest BCUT2D eigenvalue weighted by atomic mass is 10.0. The van der Waals surface area contributed by atoms with Crippen molar-refractivity contribution in [1.29, 1.82) is 0 Å². The van der Waals surface area contributed by atoms with E-state index in [1.54, 1.807) is 42.5 Å². The number of aryl methyl sites for hydroxylation is 2. The third-order valence-corrected chi connectivity index (χ3v) is 8.24. The highest BCUT2D eigenvalue weighted by Crippen LogP contribution is 2.26. The van der Waals surface area contributed by atoms with Crippen molar-refractivity contribution in [3.63, 3.8) is 0 Å². The first-order valence-corrected chi connectivity index (χ1v) is 13.1. The molecule has 0 aromatic heterocycles. The van der Waals surface area contributed by atoms with Gasteiger partial charge in [-0.1, -0.05) is 36.4 Å². The number of benzene rings is 3. The number of anilines is 1. The van der Waals surface area contributed by atoms with Crippen molar-refractivity contribution in [3.8, 4) is 0 Å². The fourth-order valence-electron chi connectivity index (χ4n) is 4.00. The van der Waals surface area contributed by atoms with Gasteiger partial charge in [-0.05, 0) is 102 Å². The molecule has 0 saturated carbocycles. The lowest BCUT2D eigenvalue weighted by Crippen LogP contribution is -2.41. The van der Waals surface area contributed by atoms with E-state index in [4.69, 9.17) is 0 Å². The molecular weight excluding hydrogens is 535 g/mol. The molecule has 1 aliphatic rings. The molecule has 1 amide bonds. The van der Waals surface area contributed by atoms with Gasteiger partial charge in [0.1, 0.15) is 6.54 Å². The van der Waals surface area contributed by atoms with Gasteiger partial charge in [0, 0.05) is 3.57 Å². The first-order chi connectivity index (χ1) is 15.3. The van der Waals surface area contributed by atoms with E-state index in [1.165, 1.54) is 21.9 Å². The molecule has 3 aromatic rings. The monoisotopic (exact) mass is 560 g/mol. The highest BCUT2D eigenvalue weighted by Gasteiger charge is 2.27. The van der Waals surface area contributed by atoms with Crippen molar-refractivity contribution >= 4 is 44.2 Å². The molecule has 1 atom stereocenters. The van der Waals surface area contributed by atoms with E-state index in [2.05, 4.69) is 40.0 Å². The van der Waals surface area contributed by atoms with Crippen LogP contribution in [0, 0.1) is 3.57 Å². The van der Waals surface area contributed by atoms with Crippen LogP contribution < -0.4 is 9.62 Å². The largest absolute Gasteiger partial charge is 0.348 e. The standard InChI is InChI=1S/C25H25IN2O3S/c1-18(20-11-10-19-6-5-7-21(19)16-20)27-25(29)17-28(23-14-12-22(26)13-15-23)32(30,31)24-8-3-2-4-9-24/h2-4,8-16,18H,5-7,17H2,1H3,(H,27,29)/t18-/m1/s1. The van der Waals surface area contributed by atoms with Crippen molar-refractivity contribution in [1.82, 2.24) is 5.32 Å². The number of carbonyl (C=O) groups is 1. The minimum atomic E-state index is -3.90. The Hall–Kier alpha value is -2.39. The summed E-state index contributed by atoms with van der Waals surface area (Å²) < 4.78 is 28.9. The van der Waals surface area contributed by atoms with E-state index < -0.39 is 10.0 Å². The zero-order chi connectivity index (χ0) is 22.7. The first kappa shape index (κ1) is 22.8. The third kappa shape index (κ3) is 4.99. The third-order valence-electron chi connectivity index (χ3n) is 5.73. The molecule has 0 aliphatic heterocycles. The van der Waals surface area contributed by atoms with Crippen molar-refractivity contribution in [2.75, 3.05) is 10.8 Å². The van der Waals surface area contributed by atoms with Gasteiger partial charge in [-0.2, -0.15) is 0 Å². The SMILES string of the molecule is C[C@@H](NC(=O)CN(c1ccc(I)cc1)S(=O)(=O)c1ccccc1)c1ccc2c(c1)CCC2. The van der Waals surface area contributed by atoms with Crippen LogP contribution in [-0.2, 0) is 27.7 Å². The van der Waals surface area contributed by atoms with Crippen LogP contribution in [0.1, 0.15) is 36.1 Å². The second-order valence-electron chi connectivity index (χ2n) is 7.97. The Labute approximate surface area is 203 Å².